The van der Waals surface area contributed by atoms with E-state index in [1.165, 1.54) is 0 Å². The Labute approximate surface area is 116 Å². The van der Waals surface area contributed by atoms with Gasteiger partial charge in [0.2, 0.25) is 0 Å². The fourth-order valence-corrected chi connectivity index (χ4v) is 2.72. The monoisotopic (exact) mass is 311 g/mol. The third kappa shape index (κ3) is 2.69. The fourth-order valence-electron chi connectivity index (χ4n) is 2.37. The second-order valence-electron chi connectivity index (χ2n) is 5.21. The molecule has 98 valence electrons. The molecule has 0 aliphatic carbocycles. The van der Waals surface area contributed by atoms with E-state index in [4.69, 9.17) is 0 Å². The Balaban J connectivity index is 2.13. The second kappa shape index (κ2) is 5.31. The van der Waals surface area contributed by atoms with Gasteiger partial charge in [0.15, 0.2) is 0 Å². The zero-order valence-corrected chi connectivity index (χ0v) is 12.3. The van der Waals surface area contributed by atoms with E-state index >= 15 is 0 Å². The van der Waals surface area contributed by atoms with Gasteiger partial charge >= 0.3 is 0 Å². The molecule has 1 amide bonds. The van der Waals surface area contributed by atoms with Gasteiger partial charge in [0.05, 0.1) is 5.56 Å². The zero-order chi connectivity index (χ0) is 13.3. The number of carbonyl (C=O) groups excluding carboxylic acids is 1. The van der Waals surface area contributed by atoms with Gasteiger partial charge in [-0.1, -0.05) is 29.8 Å². The molecule has 0 spiro atoms. The topological polar surface area (TPSA) is 40.5 Å². The molecule has 1 atom stereocenters. The van der Waals surface area contributed by atoms with Crippen LogP contribution in [0, 0.1) is 11.8 Å². The van der Waals surface area contributed by atoms with Crippen molar-refractivity contribution in [2.45, 2.75) is 20.3 Å². The Kier molecular flexibility index (Phi) is 3.95. The normalized spacial score (nSPS) is 19.6. The molecule has 2 rings (SSSR count). The first-order valence-corrected chi connectivity index (χ1v) is 7.06. The number of nitrogens with zero attached hydrogens (tertiary/aromatic N) is 1. The van der Waals surface area contributed by atoms with Crippen LogP contribution >= 0.6 is 15.9 Å². The van der Waals surface area contributed by atoms with E-state index in [9.17, 15) is 9.90 Å². The van der Waals surface area contributed by atoms with Crippen LogP contribution in [-0.2, 0) is 0 Å². The molecular weight excluding hydrogens is 294 g/mol. The Morgan fingerprint density at radius 2 is 2.22 bits per heavy atom. The third-order valence-corrected chi connectivity index (χ3v) is 4.14. The molecule has 1 aromatic rings. The van der Waals surface area contributed by atoms with Crippen molar-refractivity contribution in [2.75, 3.05) is 13.1 Å². The number of carbonyl (C=O) groups is 1. The van der Waals surface area contributed by atoms with E-state index in [0.29, 0.717) is 17.4 Å². The fraction of sp³-hybridized carbons (Fsp3) is 0.500. The van der Waals surface area contributed by atoms with Crippen molar-refractivity contribution in [2.24, 2.45) is 11.8 Å². The van der Waals surface area contributed by atoms with Crippen LogP contribution in [0.5, 0.6) is 5.75 Å². The summed E-state index contributed by atoms with van der Waals surface area (Å²) in [5.74, 6) is 1.15. The molecule has 3 nitrogen and oxygen atoms in total. The highest BCUT2D eigenvalue weighted by atomic mass is 79.9. The Bertz CT molecular complexity index is 459. The Morgan fingerprint density at radius 1 is 1.50 bits per heavy atom. The highest BCUT2D eigenvalue weighted by molar-refractivity contribution is 9.10. The van der Waals surface area contributed by atoms with E-state index in [-0.39, 0.29) is 11.7 Å². The number of amides is 1. The molecule has 1 N–H and O–H groups in total. The van der Waals surface area contributed by atoms with E-state index in [1.54, 1.807) is 18.2 Å². The Morgan fingerprint density at radius 3 is 2.78 bits per heavy atom. The molecule has 1 heterocycles. The number of halogens is 1. The molecular formula is C14H18BrNO2. The summed E-state index contributed by atoms with van der Waals surface area (Å²) in [4.78, 5) is 14.1. The molecule has 1 fully saturated rings. The highest BCUT2D eigenvalue weighted by Gasteiger charge is 2.29. The van der Waals surface area contributed by atoms with Gasteiger partial charge < -0.3 is 10.0 Å². The van der Waals surface area contributed by atoms with Gasteiger partial charge in [-0.2, -0.15) is 0 Å². The number of likely N-dealkylation sites (tertiary alicyclic amines) is 1. The van der Waals surface area contributed by atoms with Gasteiger partial charge in [-0.3, -0.25) is 4.79 Å². The first-order chi connectivity index (χ1) is 8.49. The van der Waals surface area contributed by atoms with E-state index in [1.807, 2.05) is 4.90 Å². The van der Waals surface area contributed by atoms with E-state index in [2.05, 4.69) is 29.8 Å². The lowest BCUT2D eigenvalue weighted by Crippen LogP contribution is -2.29. The molecule has 18 heavy (non-hydrogen) atoms. The molecule has 0 bridgehead atoms. The molecule has 0 radical (unpaired) electrons. The van der Waals surface area contributed by atoms with Gasteiger partial charge in [0.25, 0.3) is 5.91 Å². The predicted octanol–water partition coefficient (Wildman–Crippen LogP) is 3.27. The smallest absolute Gasteiger partial charge is 0.257 e. The molecule has 1 aromatic carbocycles. The van der Waals surface area contributed by atoms with Crippen LogP contribution in [-0.4, -0.2) is 29.0 Å². The number of aromatic hydroxyl groups is 1. The average Bonchev–Trinajstić information content (AvgIpc) is 2.77. The van der Waals surface area contributed by atoms with Crippen molar-refractivity contribution < 1.29 is 9.90 Å². The number of hydrogen-bond acceptors (Lipinski definition) is 2. The summed E-state index contributed by atoms with van der Waals surface area (Å²) in [6.45, 7) is 5.97. The average molecular weight is 312 g/mol. The molecule has 1 saturated heterocycles. The van der Waals surface area contributed by atoms with Crippen LogP contribution in [0.25, 0.3) is 0 Å². The summed E-state index contributed by atoms with van der Waals surface area (Å²) in [6.07, 6.45) is 1.06. The van der Waals surface area contributed by atoms with Crippen LogP contribution in [0.4, 0.5) is 0 Å². The maximum absolute atomic E-state index is 12.3. The van der Waals surface area contributed by atoms with Gasteiger partial charge in [-0.15, -0.1) is 0 Å². The molecule has 4 heteroatoms. The van der Waals surface area contributed by atoms with Crippen LogP contribution in [0.15, 0.2) is 22.7 Å². The SMILES string of the molecule is CC(C)C1CCN(C(=O)c2ccc(Br)cc2O)C1. The lowest BCUT2D eigenvalue weighted by atomic mass is 9.95. The first kappa shape index (κ1) is 13.4. The van der Waals surface area contributed by atoms with Crippen molar-refractivity contribution in [3.63, 3.8) is 0 Å². The number of hydrogen-bond donors (Lipinski definition) is 1. The van der Waals surface area contributed by atoms with Gasteiger partial charge in [0, 0.05) is 17.6 Å². The van der Waals surface area contributed by atoms with E-state index < -0.39 is 0 Å². The van der Waals surface area contributed by atoms with Crippen LogP contribution in [0.1, 0.15) is 30.6 Å². The lowest BCUT2D eigenvalue weighted by Gasteiger charge is -2.18. The van der Waals surface area contributed by atoms with Crippen LogP contribution in [0.3, 0.4) is 0 Å². The minimum Gasteiger partial charge on any atom is -0.507 e. The van der Waals surface area contributed by atoms with Crippen molar-refractivity contribution >= 4 is 21.8 Å². The highest BCUT2D eigenvalue weighted by Crippen LogP contribution is 2.28. The zero-order valence-electron chi connectivity index (χ0n) is 10.7. The third-order valence-electron chi connectivity index (χ3n) is 3.64. The summed E-state index contributed by atoms with van der Waals surface area (Å²) in [6, 6.07) is 5.01. The first-order valence-electron chi connectivity index (χ1n) is 6.27. The number of phenols is 1. The van der Waals surface area contributed by atoms with Crippen molar-refractivity contribution in [1.29, 1.82) is 0 Å². The second-order valence-corrected chi connectivity index (χ2v) is 6.12. The maximum Gasteiger partial charge on any atom is 0.257 e. The minimum atomic E-state index is -0.0665. The number of phenolic OH excluding ortho intramolecular Hbond substituents is 1. The summed E-state index contributed by atoms with van der Waals surface area (Å²) < 4.78 is 0.776. The molecule has 1 aliphatic rings. The standard InChI is InChI=1S/C14H18BrNO2/c1-9(2)10-5-6-16(8-10)14(18)12-4-3-11(15)7-13(12)17/h3-4,7,9-10,17H,5-6,8H2,1-2H3. The summed E-state index contributed by atoms with van der Waals surface area (Å²) >= 11 is 3.27. The number of rotatable bonds is 2. The predicted molar refractivity (Wildman–Crippen MR) is 74.7 cm³/mol. The van der Waals surface area contributed by atoms with Crippen molar-refractivity contribution in [3.05, 3.63) is 28.2 Å². The molecule has 1 aliphatic heterocycles. The largest absolute Gasteiger partial charge is 0.507 e. The number of benzene rings is 1. The van der Waals surface area contributed by atoms with Crippen LogP contribution < -0.4 is 0 Å². The van der Waals surface area contributed by atoms with Gasteiger partial charge in [-0.05, 0) is 36.5 Å². The van der Waals surface area contributed by atoms with Crippen molar-refractivity contribution in [3.8, 4) is 5.75 Å². The van der Waals surface area contributed by atoms with Crippen molar-refractivity contribution in [1.82, 2.24) is 4.90 Å². The molecule has 0 saturated carbocycles. The Hall–Kier alpha value is -1.03. The molecule has 1 unspecified atom stereocenters. The minimum absolute atomic E-state index is 0.0439. The summed E-state index contributed by atoms with van der Waals surface area (Å²) in [5, 5.41) is 9.82. The quantitative estimate of drug-likeness (QED) is 0.910. The summed E-state index contributed by atoms with van der Waals surface area (Å²) in [7, 11) is 0. The van der Waals surface area contributed by atoms with Gasteiger partial charge in [-0.25, -0.2) is 0 Å². The van der Waals surface area contributed by atoms with Gasteiger partial charge in [0.1, 0.15) is 5.75 Å². The van der Waals surface area contributed by atoms with E-state index in [0.717, 1.165) is 24.0 Å². The lowest BCUT2D eigenvalue weighted by molar-refractivity contribution is 0.0781. The maximum atomic E-state index is 12.3. The van der Waals surface area contributed by atoms with Crippen LogP contribution in [0.2, 0.25) is 0 Å². The molecule has 0 aromatic heterocycles. The summed E-state index contributed by atoms with van der Waals surface area (Å²) in [5.41, 5.74) is 0.391.